The molecule has 1 amide bonds. The third kappa shape index (κ3) is 9.19. The van der Waals surface area contributed by atoms with Crippen LogP contribution in [0.25, 0.3) is 0 Å². The highest BCUT2D eigenvalue weighted by Crippen LogP contribution is 2.36. The maximum atomic E-state index is 14.1. The van der Waals surface area contributed by atoms with E-state index in [4.69, 9.17) is 24.9 Å². The van der Waals surface area contributed by atoms with Crippen molar-refractivity contribution in [1.82, 2.24) is 9.80 Å². The van der Waals surface area contributed by atoms with Crippen molar-refractivity contribution >= 4 is 23.5 Å². The number of benzene rings is 3. The van der Waals surface area contributed by atoms with Crippen LogP contribution in [-0.4, -0.2) is 71.2 Å². The number of hydrogen-bond acceptors (Lipinski definition) is 8. The van der Waals surface area contributed by atoms with Gasteiger partial charge in [0.25, 0.3) is 0 Å². The van der Waals surface area contributed by atoms with E-state index >= 15 is 0 Å². The van der Waals surface area contributed by atoms with Gasteiger partial charge in [-0.2, -0.15) is 0 Å². The SMILES string of the molecule is NC1=Nc2ccc(Oc3ccccc3)cc2CN1[C@@H](CCC(=O)N(CCOCc1ccccc1)C1CCC(C(=O)O)CC1)C1CCOCC1. The second-order valence-corrected chi connectivity index (χ2v) is 13.3. The predicted octanol–water partition coefficient (Wildman–Crippen LogP) is 6.50. The number of ether oxygens (including phenoxy) is 3. The topological polar surface area (TPSA) is 127 Å². The smallest absolute Gasteiger partial charge is 0.306 e. The second-order valence-electron chi connectivity index (χ2n) is 13.3. The van der Waals surface area contributed by atoms with Gasteiger partial charge in [0.15, 0.2) is 5.96 Å². The van der Waals surface area contributed by atoms with Crippen molar-refractivity contribution in [2.24, 2.45) is 22.6 Å². The molecular formula is C39H48N4O6. The van der Waals surface area contributed by atoms with E-state index in [0.29, 0.717) is 89.9 Å². The minimum absolute atomic E-state index is 0.00138. The summed E-state index contributed by atoms with van der Waals surface area (Å²) in [6, 6.07) is 25.6. The van der Waals surface area contributed by atoms with E-state index in [2.05, 4.69) is 4.90 Å². The molecule has 0 bridgehead atoms. The summed E-state index contributed by atoms with van der Waals surface area (Å²) in [6.45, 7) is 3.31. The number of carbonyl (C=O) groups is 2. The van der Waals surface area contributed by atoms with E-state index in [9.17, 15) is 14.7 Å². The maximum absolute atomic E-state index is 14.1. The van der Waals surface area contributed by atoms with Crippen LogP contribution in [0.2, 0.25) is 0 Å². The van der Waals surface area contributed by atoms with Crippen LogP contribution in [-0.2, 0) is 32.2 Å². The van der Waals surface area contributed by atoms with Gasteiger partial charge in [0.2, 0.25) is 5.91 Å². The minimum Gasteiger partial charge on any atom is -0.481 e. The molecule has 2 aliphatic heterocycles. The molecule has 2 fully saturated rings. The average Bonchev–Trinajstić information content (AvgIpc) is 3.13. The van der Waals surface area contributed by atoms with Crippen molar-refractivity contribution in [3.05, 3.63) is 90.0 Å². The monoisotopic (exact) mass is 668 g/mol. The molecule has 6 rings (SSSR count). The van der Waals surface area contributed by atoms with Gasteiger partial charge in [-0.25, -0.2) is 4.99 Å². The van der Waals surface area contributed by atoms with Gasteiger partial charge in [0.05, 0.1) is 24.8 Å². The highest BCUT2D eigenvalue weighted by molar-refractivity contribution is 5.84. The fourth-order valence-electron chi connectivity index (χ4n) is 7.46. The third-order valence-electron chi connectivity index (χ3n) is 10.2. The number of hydrogen-bond donors (Lipinski definition) is 2. The number of carboxylic acids is 1. The van der Waals surface area contributed by atoms with Crippen LogP contribution in [0.4, 0.5) is 5.69 Å². The Morgan fingerprint density at radius 2 is 1.65 bits per heavy atom. The summed E-state index contributed by atoms with van der Waals surface area (Å²) in [6.07, 6.45) is 5.28. The second kappa shape index (κ2) is 16.8. The number of carboxylic acid groups (broad SMARTS) is 1. The van der Waals surface area contributed by atoms with E-state index in [1.54, 1.807) is 0 Å². The number of nitrogens with two attached hydrogens (primary N) is 1. The number of nitrogens with zero attached hydrogens (tertiary/aromatic N) is 3. The van der Waals surface area contributed by atoms with Crippen molar-refractivity contribution in [1.29, 1.82) is 0 Å². The van der Waals surface area contributed by atoms with Crippen LogP contribution in [0.15, 0.2) is 83.9 Å². The van der Waals surface area contributed by atoms with Gasteiger partial charge >= 0.3 is 5.97 Å². The number of carbonyl (C=O) groups excluding carboxylic acids is 1. The van der Waals surface area contributed by atoms with E-state index in [1.165, 1.54) is 0 Å². The quantitative estimate of drug-likeness (QED) is 0.186. The number of amides is 1. The molecule has 3 aromatic rings. The Labute approximate surface area is 288 Å². The summed E-state index contributed by atoms with van der Waals surface area (Å²) < 4.78 is 17.9. The Balaban J connectivity index is 1.15. The fourth-order valence-corrected chi connectivity index (χ4v) is 7.46. The van der Waals surface area contributed by atoms with E-state index in [-0.39, 0.29) is 23.9 Å². The molecule has 10 nitrogen and oxygen atoms in total. The standard InChI is InChI=1S/C39H48N4O6/c40-39-41-35-16-15-34(49-33-9-5-2-6-10-33)25-31(35)26-43(39)36(29-19-22-47-23-20-29)17-18-37(44)42(32-13-11-30(12-14-32)38(45)46)21-24-48-27-28-7-3-1-4-8-28/h1-10,15-16,25,29-30,32,36H,11-14,17-24,26-27H2,(H2,40,41)(H,45,46)/t30?,32?,36-/m0/s1. The summed E-state index contributed by atoms with van der Waals surface area (Å²) in [5.74, 6) is 1.25. The number of rotatable bonds is 14. The maximum Gasteiger partial charge on any atom is 0.306 e. The van der Waals surface area contributed by atoms with Gasteiger partial charge in [-0.05, 0) is 86.8 Å². The van der Waals surface area contributed by atoms with Gasteiger partial charge in [-0.3, -0.25) is 9.59 Å². The zero-order valence-corrected chi connectivity index (χ0v) is 28.1. The molecule has 0 spiro atoms. The Morgan fingerprint density at radius 3 is 2.37 bits per heavy atom. The van der Waals surface area contributed by atoms with Crippen LogP contribution < -0.4 is 10.5 Å². The predicted molar refractivity (Wildman–Crippen MR) is 188 cm³/mol. The van der Waals surface area contributed by atoms with Crippen molar-refractivity contribution < 1.29 is 28.9 Å². The molecule has 0 unspecified atom stereocenters. The molecule has 10 heteroatoms. The zero-order chi connectivity index (χ0) is 34.0. The molecule has 1 aliphatic carbocycles. The van der Waals surface area contributed by atoms with Crippen molar-refractivity contribution in [2.75, 3.05) is 26.4 Å². The molecule has 49 heavy (non-hydrogen) atoms. The molecule has 1 saturated carbocycles. The number of para-hydroxylation sites is 1. The van der Waals surface area contributed by atoms with Crippen LogP contribution in [0, 0.1) is 11.8 Å². The Hall–Kier alpha value is -4.41. The lowest BCUT2D eigenvalue weighted by Gasteiger charge is -2.42. The van der Waals surface area contributed by atoms with Crippen molar-refractivity contribution in [3.8, 4) is 11.5 Å². The first-order valence-electron chi connectivity index (χ1n) is 17.6. The van der Waals surface area contributed by atoms with Gasteiger partial charge in [-0.15, -0.1) is 0 Å². The highest BCUT2D eigenvalue weighted by Gasteiger charge is 2.35. The Morgan fingerprint density at radius 1 is 0.939 bits per heavy atom. The molecule has 260 valence electrons. The molecule has 1 saturated heterocycles. The van der Waals surface area contributed by atoms with Crippen LogP contribution in [0.5, 0.6) is 11.5 Å². The molecule has 3 aromatic carbocycles. The summed E-state index contributed by atoms with van der Waals surface area (Å²) in [7, 11) is 0. The lowest BCUT2D eigenvalue weighted by Crippen LogP contribution is -2.50. The molecule has 2 heterocycles. The zero-order valence-electron chi connectivity index (χ0n) is 28.1. The van der Waals surface area contributed by atoms with Crippen molar-refractivity contribution in [3.63, 3.8) is 0 Å². The fraction of sp³-hybridized carbons (Fsp3) is 0.462. The number of aliphatic imine (C=N–C) groups is 1. The molecular weight excluding hydrogens is 620 g/mol. The summed E-state index contributed by atoms with van der Waals surface area (Å²) in [5.41, 5.74) is 9.61. The molecule has 3 aliphatic rings. The number of guanidine groups is 1. The third-order valence-corrected chi connectivity index (χ3v) is 10.2. The summed E-state index contributed by atoms with van der Waals surface area (Å²) >= 11 is 0. The Bertz CT molecular complexity index is 1550. The summed E-state index contributed by atoms with van der Waals surface area (Å²) in [4.78, 5) is 34.7. The molecule has 1 atom stereocenters. The molecule has 3 N–H and O–H groups in total. The molecule has 0 aromatic heterocycles. The highest BCUT2D eigenvalue weighted by atomic mass is 16.5. The summed E-state index contributed by atoms with van der Waals surface area (Å²) in [5, 5.41) is 9.57. The van der Waals surface area contributed by atoms with Gasteiger partial charge in [-0.1, -0.05) is 48.5 Å². The first-order valence-corrected chi connectivity index (χ1v) is 17.6. The molecule has 0 radical (unpaired) electrons. The Kier molecular flexibility index (Phi) is 11.8. The number of aliphatic carboxylic acids is 1. The van der Waals surface area contributed by atoms with E-state index in [0.717, 1.165) is 41.2 Å². The van der Waals surface area contributed by atoms with Gasteiger partial charge in [0, 0.05) is 50.4 Å². The lowest BCUT2D eigenvalue weighted by atomic mass is 9.84. The van der Waals surface area contributed by atoms with Gasteiger partial charge < -0.3 is 34.9 Å². The van der Waals surface area contributed by atoms with Gasteiger partial charge in [0.1, 0.15) is 11.5 Å². The van der Waals surface area contributed by atoms with Crippen LogP contribution in [0.3, 0.4) is 0 Å². The van der Waals surface area contributed by atoms with Crippen molar-refractivity contribution in [2.45, 2.75) is 76.6 Å². The van der Waals surface area contributed by atoms with E-state index < -0.39 is 5.97 Å². The lowest BCUT2D eigenvalue weighted by molar-refractivity contribution is -0.143. The first kappa shape index (κ1) is 34.5. The normalized spacial score (nSPS) is 20.2. The first-order chi connectivity index (χ1) is 23.9. The number of fused-ring (bicyclic) bond motifs is 1. The van der Waals surface area contributed by atoms with E-state index in [1.807, 2.05) is 83.8 Å². The van der Waals surface area contributed by atoms with Crippen LogP contribution >= 0.6 is 0 Å². The average molecular weight is 669 g/mol. The largest absolute Gasteiger partial charge is 0.481 e. The minimum atomic E-state index is -0.747. The van der Waals surface area contributed by atoms with Crippen LogP contribution in [0.1, 0.15) is 62.5 Å².